The second-order valence-corrected chi connectivity index (χ2v) is 4.86. The van der Waals surface area contributed by atoms with Gasteiger partial charge in [-0.15, -0.1) is 0 Å². The first-order valence-corrected chi connectivity index (χ1v) is 6.54. The molecule has 104 valence electrons. The normalized spacial score (nSPS) is 20.6. The van der Waals surface area contributed by atoms with E-state index in [0.717, 1.165) is 31.7 Å². The van der Waals surface area contributed by atoms with Crippen LogP contribution in [0.2, 0.25) is 0 Å². The van der Waals surface area contributed by atoms with E-state index in [4.69, 9.17) is 16.0 Å². The van der Waals surface area contributed by atoms with Gasteiger partial charge >= 0.3 is 0 Å². The van der Waals surface area contributed by atoms with E-state index in [1.165, 1.54) is 6.42 Å². The Kier molecular flexibility index (Phi) is 4.57. The molecule has 1 unspecified atom stereocenters. The smallest absolute Gasteiger partial charge is 0.171 e. The van der Waals surface area contributed by atoms with Crippen molar-refractivity contribution in [3.05, 3.63) is 23.9 Å². The van der Waals surface area contributed by atoms with Crippen molar-refractivity contribution in [2.75, 3.05) is 24.6 Å². The summed E-state index contributed by atoms with van der Waals surface area (Å²) in [5.41, 5.74) is 6.11. The second kappa shape index (κ2) is 6.38. The zero-order valence-corrected chi connectivity index (χ0v) is 10.9. The Labute approximate surface area is 112 Å². The molecule has 0 aromatic carbocycles. The highest BCUT2D eigenvalue weighted by Crippen LogP contribution is 2.23. The molecule has 6 nitrogen and oxygen atoms in total. The van der Waals surface area contributed by atoms with Crippen LogP contribution in [0.3, 0.4) is 0 Å². The molecule has 1 aliphatic heterocycles. The maximum atomic E-state index is 9.02. The lowest BCUT2D eigenvalue weighted by atomic mass is 9.95. The Bertz CT molecular complexity index is 431. The van der Waals surface area contributed by atoms with Crippen molar-refractivity contribution in [2.45, 2.75) is 19.3 Å². The molecule has 1 aromatic rings. The number of aromatic nitrogens is 1. The average molecular weight is 264 g/mol. The molecule has 4 N–H and O–H groups in total. The van der Waals surface area contributed by atoms with Crippen molar-refractivity contribution >= 4 is 11.7 Å². The molecule has 1 aliphatic rings. The quantitative estimate of drug-likeness (QED) is 0.323. The van der Waals surface area contributed by atoms with E-state index in [9.17, 15) is 0 Å². The van der Waals surface area contributed by atoms with Gasteiger partial charge in [-0.3, -0.25) is 0 Å². The first-order valence-electron chi connectivity index (χ1n) is 6.54. The topological polar surface area (TPSA) is 95.0 Å². The molecular formula is C13H20N4O2. The van der Waals surface area contributed by atoms with Crippen molar-refractivity contribution in [3.63, 3.8) is 0 Å². The van der Waals surface area contributed by atoms with E-state index in [2.05, 4.69) is 15.0 Å². The number of nitrogens with zero attached hydrogens (tertiary/aromatic N) is 3. The third-order valence-corrected chi connectivity index (χ3v) is 3.53. The maximum Gasteiger partial charge on any atom is 0.171 e. The average Bonchev–Trinajstić information content (AvgIpc) is 2.47. The number of nitrogens with two attached hydrogens (primary N) is 1. The van der Waals surface area contributed by atoms with Gasteiger partial charge in [0.15, 0.2) is 5.84 Å². The fourth-order valence-electron chi connectivity index (χ4n) is 2.47. The van der Waals surface area contributed by atoms with Crippen LogP contribution in [0.15, 0.2) is 23.5 Å². The van der Waals surface area contributed by atoms with Gasteiger partial charge in [0.05, 0.1) is 0 Å². The van der Waals surface area contributed by atoms with Crippen LogP contribution < -0.4 is 10.6 Å². The lowest BCUT2D eigenvalue weighted by molar-refractivity contribution is 0.244. The zero-order valence-electron chi connectivity index (χ0n) is 10.9. The summed E-state index contributed by atoms with van der Waals surface area (Å²) in [4.78, 5) is 6.58. The fourth-order valence-corrected chi connectivity index (χ4v) is 2.47. The Balaban J connectivity index is 2.05. The van der Waals surface area contributed by atoms with Gasteiger partial charge in [-0.25, -0.2) is 4.98 Å². The standard InChI is InChI=1S/C13H20N4O2/c14-13(16-19)11-3-4-12(15-8-11)17-6-1-2-10(9-17)5-7-18/h3-4,8,10,18-19H,1-2,5-7,9H2,(H2,14,16). The van der Waals surface area contributed by atoms with Gasteiger partial charge in [0.2, 0.25) is 0 Å². The van der Waals surface area contributed by atoms with Crippen LogP contribution in [0, 0.1) is 5.92 Å². The summed E-state index contributed by atoms with van der Waals surface area (Å²) >= 11 is 0. The van der Waals surface area contributed by atoms with Gasteiger partial charge < -0.3 is 20.9 Å². The number of piperidine rings is 1. The van der Waals surface area contributed by atoms with Crippen molar-refractivity contribution in [1.29, 1.82) is 0 Å². The zero-order chi connectivity index (χ0) is 13.7. The molecule has 0 bridgehead atoms. The highest BCUT2D eigenvalue weighted by Gasteiger charge is 2.20. The number of aliphatic hydroxyl groups is 1. The number of rotatable bonds is 4. The van der Waals surface area contributed by atoms with Crippen LogP contribution >= 0.6 is 0 Å². The van der Waals surface area contributed by atoms with E-state index in [-0.39, 0.29) is 12.4 Å². The van der Waals surface area contributed by atoms with Crippen molar-refractivity contribution in [3.8, 4) is 0 Å². The predicted octanol–water partition coefficient (Wildman–Crippen LogP) is 0.775. The number of pyridine rings is 1. The summed E-state index contributed by atoms with van der Waals surface area (Å²) in [6, 6.07) is 3.68. The van der Waals surface area contributed by atoms with Crippen molar-refractivity contribution in [1.82, 2.24) is 4.98 Å². The van der Waals surface area contributed by atoms with Gasteiger partial charge in [-0.2, -0.15) is 0 Å². The molecule has 0 radical (unpaired) electrons. The molecule has 1 aromatic heterocycles. The van der Waals surface area contributed by atoms with Gasteiger partial charge in [-0.05, 0) is 37.3 Å². The van der Waals surface area contributed by atoms with Gasteiger partial charge in [0.1, 0.15) is 5.82 Å². The summed E-state index contributed by atoms with van der Waals surface area (Å²) < 4.78 is 0. The first-order chi connectivity index (χ1) is 9.24. The summed E-state index contributed by atoms with van der Waals surface area (Å²) in [5.74, 6) is 1.50. The number of hydrogen-bond donors (Lipinski definition) is 3. The van der Waals surface area contributed by atoms with E-state index in [1.807, 2.05) is 6.07 Å². The minimum atomic E-state index is 0.0656. The highest BCUT2D eigenvalue weighted by atomic mass is 16.4. The largest absolute Gasteiger partial charge is 0.409 e. The van der Waals surface area contributed by atoms with E-state index in [0.29, 0.717) is 11.5 Å². The van der Waals surface area contributed by atoms with Crippen LogP contribution in [0.4, 0.5) is 5.82 Å². The Morgan fingerprint density at radius 2 is 2.37 bits per heavy atom. The molecule has 0 aliphatic carbocycles. The van der Waals surface area contributed by atoms with Crippen LogP contribution in [0.25, 0.3) is 0 Å². The number of hydrogen-bond acceptors (Lipinski definition) is 5. The minimum Gasteiger partial charge on any atom is -0.409 e. The second-order valence-electron chi connectivity index (χ2n) is 4.86. The third-order valence-electron chi connectivity index (χ3n) is 3.53. The number of anilines is 1. The highest BCUT2D eigenvalue weighted by molar-refractivity contribution is 5.96. The van der Waals surface area contributed by atoms with Crippen LogP contribution in [-0.2, 0) is 0 Å². The van der Waals surface area contributed by atoms with Crippen LogP contribution in [0.5, 0.6) is 0 Å². The molecular weight excluding hydrogens is 244 g/mol. The molecule has 0 saturated carbocycles. The molecule has 1 fully saturated rings. The lowest BCUT2D eigenvalue weighted by Gasteiger charge is -2.33. The summed E-state index contributed by atoms with van der Waals surface area (Å²) in [7, 11) is 0. The fraction of sp³-hybridized carbons (Fsp3) is 0.538. The van der Waals surface area contributed by atoms with Crippen molar-refractivity contribution < 1.29 is 10.3 Å². The molecule has 0 amide bonds. The molecule has 1 atom stereocenters. The molecule has 2 rings (SSSR count). The Morgan fingerprint density at radius 3 is 3.00 bits per heavy atom. The molecule has 2 heterocycles. The third kappa shape index (κ3) is 3.35. The van der Waals surface area contributed by atoms with Gasteiger partial charge in [-0.1, -0.05) is 5.16 Å². The minimum absolute atomic E-state index is 0.0656. The molecule has 0 spiro atoms. The summed E-state index contributed by atoms with van der Waals surface area (Å²) in [6.45, 7) is 2.16. The van der Waals surface area contributed by atoms with Crippen molar-refractivity contribution in [2.24, 2.45) is 16.8 Å². The van der Waals surface area contributed by atoms with Gasteiger partial charge in [0, 0.05) is 31.5 Å². The van der Waals surface area contributed by atoms with Crippen LogP contribution in [0.1, 0.15) is 24.8 Å². The molecule has 6 heteroatoms. The summed E-state index contributed by atoms with van der Waals surface area (Å²) in [6.07, 6.45) is 4.74. The van der Waals surface area contributed by atoms with Gasteiger partial charge in [0.25, 0.3) is 0 Å². The van der Waals surface area contributed by atoms with E-state index >= 15 is 0 Å². The SMILES string of the molecule is N/C(=N/O)c1ccc(N2CCCC(CCO)C2)nc1. The van der Waals surface area contributed by atoms with Crippen LogP contribution in [-0.4, -0.2) is 40.8 Å². The Hall–Kier alpha value is -1.82. The lowest BCUT2D eigenvalue weighted by Crippen LogP contribution is -2.36. The number of amidine groups is 1. The van der Waals surface area contributed by atoms with E-state index in [1.54, 1.807) is 12.3 Å². The predicted molar refractivity (Wildman–Crippen MR) is 73.4 cm³/mol. The maximum absolute atomic E-state index is 9.02. The number of oxime groups is 1. The molecule has 1 saturated heterocycles. The summed E-state index contributed by atoms with van der Waals surface area (Å²) in [5, 5.41) is 20.6. The Morgan fingerprint density at radius 1 is 1.53 bits per heavy atom. The molecule has 19 heavy (non-hydrogen) atoms. The number of aliphatic hydroxyl groups excluding tert-OH is 1. The first kappa shape index (κ1) is 13.6. The monoisotopic (exact) mass is 264 g/mol. The van der Waals surface area contributed by atoms with E-state index < -0.39 is 0 Å².